The zero-order valence-corrected chi connectivity index (χ0v) is 12.6. The van der Waals surface area contributed by atoms with Crippen molar-refractivity contribution in [2.24, 2.45) is 0 Å². The van der Waals surface area contributed by atoms with Crippen LogP contribution in [-0.2, 0) is 0 Å². The van der Waals surface area contributed by atoms with Gasteiger partial charge in [0.25, 0.3) is 0 Å². The molecule has 0 aromatic carbocycles. The normalized spacial score (nSPS) is 12.0. The van der Waals surface area contributed by atoms with Gasteiger partial charge >= 0.3 is 60.3 Å². The molecule has 0 aliphatic carbocycles. The molecule has 0 unspecified atom stereocenters. The highest BCUT2D eigenvalue weighted by Crippen LogP contribution is 0.397. The number of halogens is 3. The summed E-state index contributed by atoms with van der Waals surface area (Å²) in [5, 5.41) is 0. The Kier molecular flexibility index (Phi) is 12.8. The third kappa shape index (κ3) is 1010. The van der Waals surface area contributed by atoms with Crippen LogP contribution in [0.3, 0.4) is 0 Å². The van der Waals surface area contributed by atoms with E-state index in [1.54, 1.807) is 0 Å². The van der Waals surface area contributed by atoms with E-state index in [0.717, 1.165) is 0 Å². The van der Waals surface area contributed by atoms with Crippen molar-refractivity contribution in [1.82, 2.24) is 0 Å². The first-order valence-electron chi connectivity index (χ1n) is 1.90. The van der Waals surface area contributed by atoms with Gasteiger partial charge in [-0.1, -0.05) is 0 Å². The Morgan fingerprint density at radius 1 is 0.400 bits per heavy atom. The maximum absolute atomic E-state index is 8.73. The largest absolute Gasteiger partial charge is 0.368 e. The van der Waals surface area contributed by atoms with Crippen molar-refractivity contribution < 1.29 is 102 Å². The lowest BCUT2D eigenvalue weighted by atomic mass is 16.0. The minimum atomic E-state index is -5.69. The Balaban J connectivity index is -0.000000144. The summed E-state index contributed by atoms with van der Waals surface area (Å²) >= 11 is -17.1. The van der Waals surface area contributed by atoms with E-state index in [0.29, 0.717) is 0 Å². The molecule has 15 heteroatoms. The summed E-state index contributed by atoms with van der Waals surface area (Å²) < 4.78 is 99.7. The second-order valence-electron chi connectivity index (χ2n) is 1.19. The molecule has 0 aliphatic heterocycles. The van der Waals surface area contributed by atoms with Gasteiger partial charge in [-0.15, -0.1) is 0 Å². The number of hydrogen-bond donors (Lipinski definition) is 3. The average Bonchev–Trinajstić information content (AvgIpc) is 1.41. The molecular formula is H3I3O12. The lowest BCUT2D eigenvalue weighted by molar-refractivity contribution is -1.92. The molecule has 0 saturated carbocycles. The third-order valence-corrected chi connectivity index (χ3v) is 0. The zero-order valence-electron chi connectivity index (χ0n) is 6.15. The van der Waals surface area contributed by atoms with Crippen LogP contribution in [0.1, 0.15) is 0 Å². The van der Waals surface area contributed by atoms with Gasteiger partial charge in [0.15, 0.2) is 0 Å². The molecule has 3 N–H and O–H groups in total. The van der Waals surface area contributed by atoms with Crippen LogP contribution in [0, 0.1) is 0 Å². The molecule has 0 aromatic rings. The van der Waals surface area contributed by atoms with Gasteiger partial charge in [0, 0.05) is 10.3 Å². The van der Waals surface area contributed by atoms with E-state index in [1.165, 1.54) is 0 Å². The van der Waals surface area contributed by atoms with E-state index in [9.17, 15) is 0 Å². The first-order chi connectivity index (χ1) is 6.00. The number of hydrogen-bond acceptors (Lipinski definition) is 12. The smallest absolute Gasteiger partial charge is 0.256 e. The van der Waals surface area contributed by atoms with Crippen LogP contribution < -0.4 is 91.2 Å². The first-order valence-corrected chi connectivity index (χ1v) is 12.7. The fourth-order valence-corrected chi connectivity index (χ4v) is 0. The summed E-state index contributed by atoms with van der Waals surface area (Å²) in [4.78, 5) is 0. The van der Waals surface area contributed by atoms with E-state index in [2.05, 4.69) is 0 Å². The summed E-state index contributed by atoms with van der Waals surface area (Å²) in [5.41, 5.74) is 0. The van der Waals surface area contributed by atoms with Gasteiger partial charge in [0.2, 0.25) is 0 Å². The highest BCUT2D eigenvalue weighted by Gasteiger charge is 2.12. The highest BCUT2D eigenvalue weighted by molar-refractivity contribution is 2.16. The van der Waals surface area contributed by atoms with Crippen LogP contribution in [0.4, 0.5) is 0 Å². The quantitative estimate of drug-likeness (QED) is 0.227. The molecule has 0 spiro atoms. The maximum Gasteiger partial charge on any atom is 0.368 e. The van der Waals surface area contributed by atoms with Crippen molar-refractivity contribution in [3.63, 3.8) is 0 Å². The predicted molar refractivity (Wildman–Crippen MR) is 6.66 cm³/mol. The summed E-state index contributed by atoms with van der Waals surface area (Å²) in [6, 6.07) is 0. The van der Waals surface area contributed by atoms with Gasteiger partial charge in [0.05, 0.1) is 0 Å². The Hall–Kier alpha value is 1.71. The zero-order chi connectivity index (χ0) is 13.5. The summed E-state index contributed by atoms with van der Waals surface area (Å²) in [6.07, 6.45) is 0. The molecule has 0 aliphatic rings. The lowest BCUT2D eigenvalue weighted by Crippen LogP contribution is -4.23. The van der Waals surface area contributed by atoms with Crippen LogP contribution in [0.25, 0.3) is 0 Å². The summed E-state index contributed by atoms with van der Waals surface area (Å²) in [6.45, 7) is 0. The molecule has 12 nitrogen and oxygen atoms in total. The molecule has 0 amide bonds. The molecule has 15 heavy (non-hydrogen) atoms. The predicted octanol–water partition coefficient (Wildman–Crippen LogP) is -21.4. The molecule has 0 radical (unpaired) electrons. The Morgan fingerprint density at radius 3 is 0.400 bits per heavy atom. The molecule has 0 aromatic heterocycles. The minimum absolute atomic E-state index is 5.69. The van der Waals surface area contributed by atoms with E-state index in [4.69, 9.17) is 41.2 Å². The van der Waals surface area contributed by atoms with Gasteiger partial charge < -0.3 is 0 Å². The van der Waals surface area contributed by atoms with E-state index in [1.807, 2.05) is 0 Å². The molecule has 0 heterocycles. The second-order valence-corrected chi connectivity index (χ2v) is 7.97. The van der Waals surface area contributed by atoms with Gasteiger partial charge in [0.1, 0.15) is 0 Å². The Bertz CT molecular complexity index is 85.9. The van der Waals surface area contributed by atoms with Crippen molar-refractivity contribution in [2.75, 3.05) is 0 Å². The molecule has 0 atom stereocenters. The molecular weight excluding hydrogens is 573 g/mol. The maximum atomic E-state index is 8.73. The molecule has 0 rings (SSSR count). The van der Waals surface area contributed by atoms with Gasteiger partial charge in [-0.05, 0) is 0 Å². The second kappa shape index (κ2) is 8.75. The van der Waals surface area contributed by atoms with Crippen LogP contribution in [0.2, 0.25) is 0 Å². The van der Waals surface area contributed by atoms with Gasteiger partial charge in [-0.2, -0.15) is 0 Å². The molecule has 0 bridgehead atoms. The SMILES string of the molecule is [O-][I+3]([O-])([O-])O.[O-][I+3]([O-])([O-])O.[O-][I+3]([O-])([O-])O. The first kappa shape index (κ1) is 21.9. The molecule has 0 saturated heterocycles. The van der Waals surface area contributed by atoms with Crippen LogP contribution in [-0.4, -0.2) is 10.3 Å². The van der Waals surface area contributed by atoms with Crippen molar-refractivity contribution in [3.05, 3.63) is 0 Å². The average molecular weight is 576 g/mol. The van der Waals surface area contributed by atoms with Gasteiger partial charge in [-0.3, -0.25) is 30.9 Å². The Labute approximate surface area is 100 Å². The summed E-state index contributed by atoms with van der Waals surface area (Å²) in [7, 11) is 0. The van der Waals surface area contributed by atoms with Crippen LogP contribution >= 0.6 is 0 Å². The fraction of sp³-hybridized carbons (Fsp3) is 0. The van der Waals surface area contributed by atoms with Gasteiger partial charge in [-0.25, -0.2) is 0 Å². The fourth-order valence-electron chi connectivity index (χ4n) is 0. The lowest BCUT2D eigenvalue weighted by Gasteiger charge is -1.93. The number of rotatable bonds is 0. The topological polar surface area (TPSA) is 268 Å². The molecule has 0 fully saturated rings. The van der Waals surface area contributed by atoms with E-state index >= 15 is 0 Å². The minimum Gasteiger partial charge on any atom is -0.256 e. The van der Waals surface area contributed by atoms with Crippen LogP contribution in [0.5, 0.6) is 0 Å². The highest BCUT2D eigenvalue weighted by atomic mass is 127. The van der Waals surface area contributed by atoms with Crippen LogP contribution in [0.15, 0.2) is 0 Å². The standard InChI is InChI=1S/3HIO4/c3*2-1(3,4)5/h3*2H. The van der Waals surface area contributed by atoms with E-state index < -0.39 is 60.3 Å². The molecule has 96 valence electrons. The van der Waals surface area contributed by atoms with Crippen molar-refractivity contribution in [2.45, 2.75) is 0 Å². The summed E-state index contributed by atoms with van der Waals surface area (Å²) in [5.74, 6) is 0. The third-order valence-electron chi connectivity index (χ3n) is 0. The Morgan fingerprint density at radius 2 is 0.400 bits per heavy atom. The van der Waals surface area contributed by atoms with Crippen molar-refractivity contribution >= 4 is 0 Å². The van der Waals surface area contributed by atoms with Crippen molar-refractivity contribution in [1.29, 1.82) is 0 Å². The monoisotopic (exact) mass is 576 g/mol. The van der Waals surface area contributed by atoms with Crippen molar-refractivity contribution in [3.8, 4) is 0 Å². The van der Waals surface area contributed by atoms with E-state index in [-0.39, 0.29) is 0 Å².